The van der Waals surface area contributed by atoms with Crippen LogP contribution in [0.5, 0.6) is 11.5 Å². The number of benzene rings is 3. The molecule has 4 rings (SSSR count). The van der Waals surface area contributed by atoms with E-state index in [1.165, 1.54) is 17.6 Å². The van der Waals surface area contributed by atoms with Crippen LogP contribution in [0.2, 0.25) is 0 Å². The van der Waals surface area contributed by atoms with E-state index < -0.39 is 0 Å². The van der Waals surface area contributed by atoms with Crippen molar-refractivity contribution in [1.82, 2.24) is 4.90 Å². The number of amides is 3. The monoisotopic (exact) mass is 642 g/mol. The third kappa shape index (κ3) is 7.16. The first-order valence-corrected chi connectivity index (χ1v) is 13.9. The van der Waals surface area contributed by atoms with Gasteiger partial charge in [-0.25, -0.2) is 0 Å². The Bertz CT molecular complexity index is 1360. The molecule has 3 aromatic rings. The molecule has 38 heavy (non-hydrogen) atoms. The molecule has 1 fully saturated rings. The van der Waals surface area contributed by atoms with Gasteiger partial charge in [0.25, 0.3) is 17.1 Å². The van der Waals surface area contributed by atoms with Crippen LogP contribution in [0.25, 0.3) is 6.08 Å². The second-order valence-corrected chi connectivity index (χ2v) is 10.8. The van der Waals surface area contributed by atoms with Gasteiger partial charge < -0.3 is 14.8 Å². The Morgan fingerprint density at radius 2 is 1.82 bits per heavy atom. The maximum absolute atomic E-state index is 12.9. The van der Waals surface area contributed by atoms with Crippen LogP contribution in [0.1, 0.15) is 23.1 Å². The zero-order chi connectivity index (χ0) is 27.1. The van der Waals surface area contributed by atoms with Crippen LogP contribution < -0.4 is 14.8 Å². The fourth-order valence-electron chi connectivity index (χ4n) is 3.86. The van der Waals surface area contributed by atoms with E-state index in [9.17, 15) is 14.4 Å². The Kier molecular flexibility index (Phi) is 9.46. The predicted octanol–water partition coefficient (Wildman–Crippen LogP) is 6.29. The van der Waals surface area contributed by atoms with Crippen molar-refractivity contribution in [2.45, 2.75) is 19.8 Å². The molecular weight excluding hydrogens is 615 g/mol. The molecule has 0 bridgehead atoms. The van der Waals surface area contributed by atoms with Gasteiger partial charge in [-0.1, -0.05) is 48.0 Å². The summed E-state index contributed by atoms with van der Waals surface area (Å²) in [7, 11) is 1.51. The highest BCUT2D eigenvalue weighted by Crippen LogP contribution is 2.37. The van der Waals surface area contributed by atoms with E-state index in [1.807, 2.05) is 67.6 Å². The quantitative estimate of drug-likeness (QED) is 0.207. The number of rotatable bonds is 10. The average molecular weight is 643 g/mol. The Labute approximate surface area is 239 Å². The van der Waals surface area contributed by atoms with Gasteiger partial charge in [0.15, 0.2) is 18.1 Å². The summed E-state index contributed by atoms with van der Waals surface area (Å²) in [5, 5.41) is 2.53. The number of halogens is 1. The van der Waals surface area contributed by atoms with Crippen LogP contribution in [-0.4, -0.2) is 42.2 Å². The topological polar surface area (TPSA) is 84.9 Å². The Morgan fingerprint density at radius 3 is 2.53 bits per heavy atom. The average Bonchev–Trinajstić information content (AvgIpc) is 3.17. The number of methoxy groups -OCH3 is 1. The Balaban J connectivity index is 1.39. The van der Waals surface area contributed by atoms with Crippen molar-refractivity contribution in [2.24, 2.45) is 0 Å². The highest BCUT2D eigenvalue weighted by molar-refractivity contribution is 14.1. The van der Waals surface area contributed by atoms with Gasteiger partial charge in [0, 0.05) is 12.2 Å². The molecule has 0 aliphatic carbocycles. The molecule has 0 unspecified atom stereocenters. The van der Waals surface area contributed by atoms with Gasteiger partial charge in [-0.2, -0.15) is 0 Å². The molecule has 1 saturated heterocycles. The largest absolute Gasteiger partial charge is 0.493 e. The highest BCUT2D eigenvalue weighted by Gasteiger charge is 2.34. The lowest BCUT2D eigenvalue weighted by Gasteiger charge is -2.14. The second-order valence-electron chi connectivity index (χ2n) is 8.66. The molecule has 7 nitrogen and oxygen atoms in total. The smallest absolute Gasteiger partial charge is 0.293 e. The van der Waals surface area contributed by atoms with E-state index in [4.69, 9.17) is 9.47 Å². The molecule has 1 heterocycles. The number of carbonyl (C=O) groups excluding carboxylic acids is 3. The first-order chi connectivity index (χ1) is 18.3. The van der Waals surface area contributed by atoms with Crippen LogP contribution in [0, 0.1) is 10.5 Å². The minimum Gasteiger partial charge on any atom is -0.493 e. The van der Waals surface area contributed by atoms with Crippen molar-refractivity contribution in [1.29, 1.82) is 0 Å². The summed E-state index contributed by atoms with van der Waals surface area (Å²) < 4.78 is 12.0. The first kappa shape index (κ1) is 27.7. The van der Waals surface area contributed by atoms with Crippen molar-refractivity contribution >= 4 is 63.2 Å². The van der Waals surface area contributed by atoms with Crippen molar-refractivity contribution in [3.63, 3.8) is 0 Å². The number of anilines is 1. The Morgan fingerprint density at radius 1 is 1.08 bits per heavy atom. The van der Waals surface area contributed by atoms with E-state index >= 15 is 0 Å². The molecule has 0 saturated carbocycles. The molecule has 3 aromatic carbocycles. The van der Waals surface area contributed by atoms with Crippen LogP contribution in [0.3, 0.4) is 0 Å². The van der Waals surface area contributed by atoms with E-state index in [2.05, 4.69) is 27.9 Å². The molecule has 0 spiro atoms. The molecular formula is C29H27IN2O5S. The highest BCUT2D eigenvalue weighted by atomic mass is 127. The summed E-state index contributed by atoms with van der Waals surface area (Å²) in [5.74, 6) is 0.263. The van der Waals surface area contributed by atoms with Crippen molar-refractivity contribution in [2.75, 3.05) is 25.6 Å². The zero-order valence-corrected chi connectivity index (χ0v) is 24.0. The maximum Gasteiger partial charge on any atom is 0.293 e. The first-order valence-electron chi connectivity index (χ1n) is 12.0. The maximum atomic E-state index is 12.9. The van der Waals surface area contributed by atoms with Crippen LogP contribution in [0.4, 0.5) is 10.5 Å². The van der Waals surface area contributed by atoms with Gasteiger partial charge in [0.1, 0.15) is 0 Å². The van der Waals surface area contributed by atoms with Crippen LogP contribution >= 0.6 is 34.4 Å². The number of thioether (sulfide) groups is 1. The minimum atomic E-state index is -0.296. The SMILES string of the molecule is COc1cc(/C=C2/SC(=O)N(CCCc3ccccc3)C2=O)cc(I)c1OCC(=O)Nc1ccc(C)cc1. The lowest BCUT2D eigenvalue weighted by molar-refractivity contribution is -0.122. The number of aryl methyl sites for hydroxylation is 2. The second kappa shape index (κ2) is 13.0. The van der Waals surface area contributed by atoms with Gasteiger partial charge in [0.2, 0.25) is 0 Å². The normalized spacial score (nSPS) is 14.2. The van der Waals surface area contributed by atoms with Crippen molar-refractivity contribution in [3.8, 4) is 11.5 Å². The third-order valence-corrected chi connectivity index (χ3v) is 7.50. The molecule has 3 amide bonds. The number of ether oxygens (including phenoxy) is 2. The van der Waals surface area contributed by atoms with Gasteiger partial charge in [-0.3, -0.25) is 19.3 Å². The standard InChI is InChI=1S/C29H27IN2O5S/c1-19-10-12-22(13-11-19)31-26(33)18-37-27-23(30)15-21(16-24(27)36-2)17-25-28(34)32(29(35)38-25)14-6-9-20-7-4-3-5-8-20/h3-5,7-8,10-13,15-17H,6,9,14,18H2,1-2H3,(H,31,33)/b25-17+. The molecule has 0 aromatic heterocycles. The molecule has 0 radical (unpaired) electrons. The summed E-state index contributed by atoms with van der Waals surface area (Å²) in [5.41, 5.74) is 3.66. The number of carbonyl (C=O) groups is 3. The minimum absolute atomic E-state index is 0.193. The summed E-state index contributed by atoms with van der Waals surface area (Å²) in [6.07, 6.45) is 3.17. The molecule has 196 valence electrons. The van der Waals surface area contributed by atoms with Gasteiger partial charge in [-0.05, 0) is 95.6 Å². The summed E-state index contributed by atoms with van der Waals surface area (Å²) in [4.78, 5) is 39.5. The number of hydrogen-bond acceptors (Lipinski definition) is 6. The lowest BCUT2D eigenvalue weighted by atomic mass is 10.1. The molecule has 1 aliphatic rings. The number of hydrogen-bond donors (Lipinski definition) is 1. The van der Waals surface area contributed by atoms with Crippen molar-refractivity contribution in [3.05, 3.63) is 91.9 Å². The van der Waals surface area contributed by atoms with Crippen molar-refractivity contribution < 1.29 is 23.9 Å². The van der Waals surface area contributed by atoms with Crippen LogP contribution in [-0.2, 0) is 16.0 Å². The Hall–Kier alpha value is -3.31. The van der Waals surface area contributed by atoms with E-state index in [-0.39, 0.29) is 23.7 Å². The van der Waals surface area contributed by atoms with E-state index in [1.54, 1.807) is 12.1 Å². The third-order valence-electron chi connectivity index (χ3n) is 5.80. The molecule has 0 atom stereocenters. The summed E-state index contributed by atoms with van der Waals surface area (Å²) in [6.45, 7) is 2.15. The van der Waals surface area contributed by atoms with E-state index in [0.29, 0.717) is 44.2 Å². The summed E-state index contributed by atoms with van der Waals surface area (Å²) >= 11 is 3.03. The fourth-order valence-corrected chi connectivity index (χ4v) is 5.51. The number of nitrogens with one attached hydrogen (secondary N) is 1. The molecule has 9 heteroatoms. The zero-order valence-electron chi connectivity index (χ0n) is 21.0. The predicted molar refractivity (Wildman–Crippen MR) is 158 cm³/mol. The van der Waals surface area contributed by atoms with Gasteiger partial charge in [0.05, 0.1) is 15.6 Å². The van der Waals surface area contributed by atoms with Crippen LogP contribution in [0.15, 0.2) is 71.6 Å². The number of imide groups is 1. The fraction of sp³-hybridized carbons (Fsp3) is 0.207. The molecule has 1 aliphatic heterocycles. The lowest BCUT2D eigenvalue weighted by Crippen LogP contribution is -2.29. The number of nitrogens with zero attached hydrogens (tertiary/aromatic N) is 1. The molecule has 1 N–H and O–H groups in total. The van der Waals surface area contributed by atoms with Gasteiger partial charge in [-0.15, -0.1) is 0 Å². The van der Waals surface area contributed by atoms with Gasteiger partial charge >= 0.3 is 0 Å². The summed E-state index contributed by atoms with van der Waals surface area (Å²) in [6, 6.07) is 21.0. The van der Waals surface area contributed by atoms with E-state index in [0.717, 1.165) is 23.7 Å².